The van der Waals surface area contributed by atoms with Crippen LogP contribution in [-0.4, -0.2) is 40.0 Å². The summed E-state index contributed by atoms with van der Waals surface area (Å²) in [5.74, 6) is 0.0666. The monoisotopic (exact) mass is 316 g/mol. The molecule has 0 amide bonds. The van der Waals surface area contributed by atoms with Crippen molar-refractivity contribution in [2.45, 2.75) is 11.8 Å². The van der Waals surface area contributed by atoms with Gasteiger partial charge in [0.2, 0.25) is 10.0 Å². The van der Waals surface area contributed by atoms with Crippen molar-refractivity contribution in [2.24, 2.45) is 5.92 Å². The van der Waals surface area contributed by atoms with Gasteiger partial charge >= 0.3 is 0 Å². The zero-order chi connectivity index (χ0) is 15.3. The zero-order valence-corrected chi connectivity index (χ0v) is 13.2. The third kappa shape index (κ3) is 3.93. The Morgan fingerprint density at radius 1 is 1.50 bits per heavy atom. The first-order valence-corrected chi connectivity index (χ1v) is 7.79. The highest BCUT2D eigenvalue weighted by atomic mass is 35.5. The van der Waals surface area contributed by atoms with Crippen molar-refractivity contribution < 1.29 is 13.2 Å². The molecule has 0 spiro atoms. The highest BCUT2D eigenvalue weighted by molar-refractivity contribution is 7.89. The number of sulfonamides is 1. The number of hydrogen-bond donors (Lipinski definition) is 0. The molecule has 7 heteroatoms. The lowest BCUT2D eigenvalue weighted by Gasteiger charge is -2.21. The van der Waals surface area contributed by atoms with Crippen LogP contribution >= 0.6 is 11.6 Å². The first-order valence-electron chi connectivity index (χ1n) is 5.97. The molecule has 0 saturated carbocycles. The van der Waals surface area contributed by atoms with Gasteiger partial charge in [-0.05, 0) is 24.1 Å². The van der Waals surface area contributed by atoms with E-state index >= 15 is 0 Å². The Hall–Kier alpha value is -1.13. The molecule has 5 nitrogen and oxygen atoms in total. The summed E-state index contributed by atoms with van der Waals surface area (Å²) in [4.78, 5) is 0.00489. The van der Waals surface area contributed by atoms with Gasteiger partial charge in [0, 0.05) is 27.3 Å². The van der Waals surface area contributed by atoms with Crippen LogP contribution in [0.15, 0.2) is 23.1 Å². The summed E-state index contributed by atoms with van der Waals surface area (Å²) in [7, 11) is -0.604. The van der Waals surface area contributed by atoms with E-state index in [1.807, 2.05) is 13.0 Å². The van der Waals surface area contributed by atoms with Gasteiger partial charge in [0.25, 0.3) is 0 Å². The number of nitrogens with zero attached hydrogens (tertiary/aromatic N) is 2. The van der Waals surface area contributed by atoms with Gasteiger partial charge in [0.05, 0.1) is 16.7 Å². The summed E-state index contributed by atoms with van der Waals surface area (Å²) in [5.41, 5.74) is 0.323. The number of hydrogen-bond acceptors (Lipinski definition) is 4. The van der Waals surface area contributed by atoms with Crippen molar-refractivity contribution in [1.82, 2.24) is 4.31 Å². The maximum absolute atomic E-state index is 12.4. The first-order chi connectivity index (χ1) is 9.32. The fourth-order valence-electron chi connectivity index (χ4n) is 1.82. The van der Waals surface area contributed by atoms with Crippen LogP contribution in [0.25, 0.3) is 0 Å². The van der Waals surface area contributed by atoms with Gasteiger partial charge in [-0.1, -0.05) is 18.5 Å². The van der Waals surface area contributed by atoms with Crippen molar-refractivity contribution in [2.75, 3.05) is 27.3 Å². The molecular weight excluding hydrogens is 300 g/mol. The van der Waals surface area contributed by atoms with Crippen LogP contribution in [0.2, 0.25) is 5.02 Å². The lowest BCUT2D eigenvalue weighted by atomic mass is 10.2. The zero-order valence-electron chi connectivity index (χ0n) is 11.6. The summed E-state index contributed by atoms with van der Waals surface area (Å²) >= 11 is 5.95. The van der Waals surface area contributed by atoms with Crippen LogP contribution < -0.4 is 0 Å². The third-order valence-corrected chi connectivity index (χ3v) is 5.08. The molecule has 1 atom stereocenters. The molecule has 20 heavy (non-hydrogen) atoms. The van der Waals surface area contributed by atoms with E-state index in [4.69, 9.17) is 21.6 Å². The average molecular weight is 317 g/mol. The molecule has 0 saturated heterocycles. The van der Waals surface area contributed by atoms with Gasteiger partial charge in [-0.2, -0.15) is 5.26 Å². The number of nitriles is 1. The minimum absolute atomic E-state index is 0.00489. The fraction of sp³-hybridized carbons (Fsp3) is 0.462. The molecule has 0 aromatic heterocycles. The molecule has 0 aliphatic heterocycles. The molecule has 0 aliphatic carbocycles. The van der Waals surface area contributed by atoms with Gasteiger partial charge < -0.3 is 4.74 Å². The molecule has 1 aromatic carbocycles. The number of ether oxygens (including phenoxy) is 1. The molecule has 0 radical (unpaired) electrons. The van der Waals surface area contributed by atoms with Crippen molar-refractivity contribution in [3.63, 3.8) is 0 Å². The Bertz CT molecular complexity index is 611. The van der Waals surface area contributed by atoms with Gasteiger partial charge in [-0.25, -0.2) is 12.7 Å². The summed E-state index contributed by atoms with van der Waals surface area (Å²) in [6, 6.07) is 6.05. The Balaban J connectivity index is 3.02. The molecule has 0 fully saturated rings. The van der Waals surface area contributed by atoms with Crippen LogP contribution in [0, 0.1) is 17.2 Å². The summed E-state index contributed by atoms with van der Waals surface area (Å²) in [6.07, 6.45) is 0. The van der Waals surface area contributed by atoms with Crippen LogP contribution in [0.5, 0.6) is 0 Å². The molecule has 1 rings (SSSR count). The SMILES string of the molecule is COC[C@@H](C)CN(C)S(=O)(=O)c1ccc(C#N)cc1Cl. The second-order valence-electron chi connectivity index (χ2n) is 4.60. The lowest BCUT2D eigenvalue weighted by Crippen LogP contribution is -2.32. The van der Waals surface area contributed by atoms with Crippen molar-refractivity contribution in [3.05, 3.63) is 28.8 Å². The number of benzene rings is 1. The summed E-state index contributed by atoms with van der Waals surface area (Å²) < 4.78 is 31.1. The Morgan fingerprint density at radius 2 is 2.15 bits per heavy atom. The van der Waals surface area contributed by atoms with E-state index in [1.165, 1.54) is 29.6 Å². The minimum Gasteiger partial charge on any atom is -0.384 e. The van der Waals surface area contributed by atoms with E-state index in [2.05, 4.69) is 0 Å². The Labute approximate surface area is 124 Å². The van der Waals surface area contributed by atoms with Crippen molar-refractivity contribution >= 4 is 21.6 Å². The smallest absolute Gasteiger partial charge is 0.244 e. The van der Waals surface area contributed by atoms with E-state index in [0.29, 0.717) is 18.7 Å². The molecule has 0 heterocycles. The van der Waals surface area contributed by atoms with E-state index in [1.54, 1.807) is 7.11 Å². The van der Waals surface area contributed by atoms with Gasteiger partial charge in [-0.15, -0.1) is 0 Å². The summed E-state index contributed by atoms with van der Waals surface area (Å²) in [6.45, 7) is 2.70. The van der Waals surface area contributed by atoms with Crippen molar-refractivity contribution in [1.29, 1.82) is 5.26 Å². The van der Waals surface area contributed by atoms with Gasteiger partial charge in [0.1, 0.15) is 4.90 Å². The number of methoxy groups -OCH3 is 1. The predicted molar refractivity (Wildman–Crippen MR) is 77.0 cm³/mol. The maximum Gasteiger partial charge on any atom is 0.244 e. The second-order valence-corrected chi connectivity index (χ2v) is 7.02. The highest BCUT2D eigenvalue weighted by Crippen LogP contribution is 2.25. The van der Waals surface area contributed by atoms with Crippen LogP contribution in [0.3, 0.4) is 0 Å². The molecule has 0 bridgehead atoms. The highest BCUT2D eigenvalue weighted by Gasteiger charge is 2.25. The van der Waals surface area contributed by atoms with E-state index in [0.717, 1.165) is 0 Å². The fourth-order valence-corrected chi connectivity index (χ4v) is 3.63. The largest absolute Gasteiger partial charge is 0.384 e. The van der Waals surface area contributed by atoms with E-state index in [-0.39, 0.29) is 15.8 Å². The topological polar surface area (TPSA) is 70.4 Å². The van der Waals surface area contributed by atoms with Gasteiger partial charge in [-0.3, -0.25) is 0 Å². The first kappa shape index (κ1) is 16.9. The summed E-state index contributed by atoms with van der Waals surface area (Å²) in [5, 5.41) is 8.81. The molecule has 1 aromatic rings. The van der Waals surface area contributed by atoms with Crippen molar-refractivity contribution in [3.8, 4) is 6.07 Å². The standard InChI is InChI=1S/C13H17ClN2O3S/c1-10(9-19-3)8-16(2)20(17,18)13-5-4-11(7-15)6-12(13)14/h4-6,10H,8-9H2,1-3H3/t10-/m0/s1. The third-order valence-electron chi connectivity index (χ3n) is 2.77. The molecular formula is C13H17ClN2O3S. The van der Waals surface area contributed by atoms with Gasteiger partial charge in [0.15, 0.2) is 0 Å². The Kier molecular flexibility index (Phi) is 5.96. The molecule has 110 valence electrons. The van der Waals surface area contributed by atoms with E-state index in [9.17, 15) is 8.42 Å². The quantitative estimate of drug-likeness (QED) is 0.806. The van der Waals surface area contributed by atoms with Crippen LogP contribution in [0.4, 0.5) is 0 Å². The Morgan fingerprint density at radius 3 is 2.65 bits per heavy atom. The van der Waals surface area contributed by atoms with Crippen LogP contribution in [0.1, 0.15) is 12.5 Å². The normalized spacial score (nSPS) is 13.2. The molecule has 0 N–H and O–H groups in total. The molecule has 0 unspecified atom stereocenters. The van der Waals surface area contributed by atoms with Crippen LogP contribution in [-0.2, 0) is 14.8 Å². The van der Waals surface area contributed by atoms with E-state index < -0.39 is 10.0 Å². The number of halogens is 1. The average Bonchev–Trinajstić information content (AvgIpc) is 2.38. The number of rotatable bonds is 6. The minimum atomic E-state index is -3.67. The second kappa shape index (κ2) is 7.04. The predicted octanol–water partition coefficient (Wildman–Crippen LogP) is 2.11. The maximum atomic E-state index is 12.4. The molecule has 0 aliphatic rings. The lowest BCUT2D eigenvalue weighted by molar-refractivity contribution is 0.151.